The molecule has 0 saturated heterocycles. The highest BCUT2D eigenvalue weighted by Crippen LogP contribution is 2.32. The zero-order valence-electron chi connectivity index (χ0n) is 14.3. The Morgan fingerprint density at radius 3 is 2.36 bits per heavy atom. The van der Waals surface area contributed by atoms with Crippen molar-refractivity contribution in [3.8, 4) is 11.1 Å². The second kappa shape index (κ2) is 6.58. The number of benzene rings is 2. The minimum Gasteiger partial charge on any atom is -0.478 e. The minimum absolute atomic E-state index is 0.00519. The smallest absolute Gasteiger partial charge is 0.335 e. The Bertz CT molecular complexity index is 1290. The third kappa shape index (κ3) is 2.93. The number of hydrogen-bond donors (Lipinski definition) is 1. The van der Waals surface area contributed by atoms with Crippen molar-refractivity contribution < 1.29 is 22.7 Å². The number of hydrogen-bond acceptors (Lipinski definition) is 4. The van der Waals surface area contributed by atoms with Gasteiger partial charge in [0.2, 0.25) is 5.95 Å². The van der Waals surface area contributed by atoms with Gasteiger partial charge in [-0.25, -0.2) is 22.2 Å². The lowest BCUT2D eigenvalue weighted by Crippen LogP contribution is -2.12. The zero-order chi connectivity index (χ0) is 19.9. The van der Waals surface area contributed by atoms with E-state index in [-0.39, 0.29) is 10.5 Å². The highest BCUT2D eigenvalue weighted by atomic mass is 32.2. The van der Waals surface area contributed by atoms with Gasteiger partial charge in [0.15, 0.2) is 0 Å². The summed E-state index contributed by atoms with van der Waals surface area (Å²) in [5.41, 5.74) is 1.61. The molecule has 0 spiro atoms. The topological polar surface area (TPSA) is 89.3 Å². The van der Waals surface area contributed by atoms with E-state index >= 15 is 0 Å². The molecule has 0 aliphatic carbocycles. The Balaban J connectivity index is 1.91. The maximum absolute atomic E-state index is 13.2. The fraction of sp³-hybridized carbons (Fsp3) is 0. The summed E-state index contributed by atoms with van der Waals surface area (Å²) in [6, 6.07) is 14.7. The Hall–Kier alpha value is -3.52. The molecule has 6 nitrogen and oxygen atoms in total. The van der Waals surface area contributed by atoms with Crippen molar-refractivity contribution in [2.24, 2.45) is 0 Å². The van der Waals surface area contributed by atoms with E-state index in [9.17, 15) is 17.6 Å². The fourth-order valence-corrected chi connectivity index (χ4v) is 4.37. The molecule has 2 heterocycles. The molecule has 0 aliphatic rings. The highest BCUT2D eigenvalue weighted by Gasteiger charge is 2.22. The molecule has 2 aromatic carbocycles. The summed E-state index contributed by atoms with van der Waals surface area (Å²) < 4.78 is 40.6. The standard InChI is InChI=1S/C20H13FN2O4S/c21-19-10-7-14(11-22-19)17-12-23(18-4-2-1-3-16(17)18)28(26,27)15-8-5-13(6-9-15)20(24)25/h1-12H,(H,24,25). The van der Waals surface area contributed by atoms with Crippen LogP contribution in [0, 0.1) is 5.95 Å². The van der Waals surface area contributed by atoms with Crippen LogP contribution in [0.25, 0.3) is 22.0 Å². The second-order valence-electron chi connectivity index (χ2n) is 6.06. The molecule has 8 heteroatoms. The maximum atomic E-state index is 13.2. The summed E-state index contributed by atoms with van der Waals surface area (Å²) in [6.45, 7) is 0. The molecule has 0 unspecified atom stereocenters. The highest BCUT2D eigenvalue weighted by molar-refractivity contribution is 7.90. The number of carbonyl (C=O) groups is 1. The summed E-state index contributed by atoms with van der Waals surface area (Å²) in [6.07, 6.45) is 2.80. The SMILES string of the molecule is O=C(O)c1ccc(S(=O)(=O)n2cc(-c3ccc(F)nc3)c3ccccc32)cc1. The average Bonchev–Trinajstić information content (AvgIpc) is 3.09. The van der Waals surface area contributed by atoms with E-state index in [4.69, 9.17) is 5.11 Å². The number of aromatic nitrogens is 2. The minimum atomic E-state index is -3.97. The third-order valence-corrected chi connectivity index (χ3v) is 6.06. The molecular formula is C20H13FN2O4S. The summed E-state index contributed by atoms with van der Waals surface area (Å²) in [4.78, 5) is 14.6. The lowest BCUT2D eigenvalue weighted by atomic mass is 10.1. The van der Waals surface area contributed by atoms with Crippen molar-refractivity contribution in [3.63, 3.8) is 0 Å². The zero-order valence-corrected chi connectivity index (χ0v) is 15.1. The van der Waals surface area contributed by atoms with E-state index in [0.717, 1.165) is 3.97 Å². The van der Waals surface area contributed by atoms with E-state index < -0.39 is 21.9 Å². The van der Waals surface area contributed by atoms with Gasteiger partial charge in [0.25, 0.3) is 10.0 Å². The molecule has 2 aromatic heterocycles. The molecular weight excluding hydrogens is 383 g/mol. The first-order chi connectivity index (χ1) is 13.4. The van der Waals surface area contributed by atoms with Gasteiger partial charge in [0.05, 0.1) is 16.0 Å². The van der Waals surface area contributed by atoms with Crippen LogP contribution in [0.15, 0.2) is 78.0 Å². The molecule has 0 saturated carbocycles. The number of fused-ring (bicyclic) bond motifs is 1. The Morgan fingerprint density at radius 1 is 1.00 bits per heavy atom. The van der Waals surface area contributed by atoms with Crippen molar-refractivity contribution in [2.45, 2.75) is 4.90 Å². The van der Waals surface area contributed by atoms with Gasteiger partial charge in [0.1, 0.15) is 0 Å². The van der Waals surface area contributed by atoms with Crippen molar-refractivity contribution >= 4 is 26.9 Å². The number of nitrogens with zero attached hydrogens (tertiary/aromatic N) is 2. The van der Waals surface area contributed by atoms with E-state index in [2.05, 4.69) is 4.98 Å². The van der Waals surface area contributed by atoms with Gasteiger partial charge in [-0.15, -0.1) is 0 Å². The molecule has 1 N–H and O–H groups in total. The van der Waals surface area contributed by atoms with Crippen molar-refractivity contribution in [3.05, 3.63) is 84.6 Å². The number of rotatable bonds is 4. The van der Waals surface area contributed by atoms with Gasteiger partial charge in [0, 0.05) is 28.9 Å². The number of carboxylic acids is 1. The monoisotopic (exact) mass is 396 g/mol. The van der Waals surface area contributed by atoms with E-state index in [1.807, 2.05) is 0 Å². The van der Waals surface area contributed by atoms with E-state index in [0.29, 0.717) is 22.0 Å². The van der Waals surface area contributed by atoms with Crippen molar-refractivity contribution in [1.29, 1.82) is 0 Å². The summed E-state index contributed by atoms with van der Waals surface area (Å²) >= 11 is 0. The third-order valence-electron chi connectivity index (χ3n) is 4.37. The van der Waals surface area contributed by atoms with Gasteiger partial charge in [-0.05, 0) is 42.5 Å². The number of halogens is 1. The normalized spacial score (nSPS) is 11.6. The van der Waals surface area contributed by atoms with Gasteiger partial charge < -0.3 is 5.11 Å². The summed E-state index contributed by atoms with van der Waals surface area (Å²) in [5.74, 6) is -1.76. The first kappa shape index (κ1) is 17.9. The lowest BCUT2D eigenvalue weighted by molar-refractivity contribution is 0.0696. The van der Waals surface area contributed by atoms with Crippen LogP contribution >= 0.6 is 0 Å². The molecule has 4 aromatic rings. The maximum Gasteiger partial charge on any atom is 0.335 e. The Labute approximate surface area is 159 Å². The van der Waals surface area contributed by atoms with Crippen LogP contribution in [-0.2, 0) is 10.0 Å². The average molecular weight is 396 g/mol. The van der Waals surface area contributed by atoms with Crippen LogP contribution in [0.4, 0.5) is 4.39 Å². The molecule has 0 amide bonds. The molecule has 140 valence electrons. The van der Waals surface area contributed by atoms with Gasteiger partial charge in [-0.1, -0.05) is 18.2 Å². The van der Waals surface area contributed by atoms with Crippen LogP contribution in [-0.4, -0.2) is 28.5 Å². The molecule has 0 bridgehead atoms. The van der Waals surface area contributed by atoms with Gasteiger partial charge in [-0.3, -0.25) is 0 Å². The van der Waals surface area contributed by atoms with E-state index in [1.54, 1.807) is 24.3 Å². The fourth-order valence-electron chi connectivity index (χ4n) is 3.00. The number of aromatic carboxylic acids is 1. The first-order valence-electron chi connectivity index (χ1n) is 8.19. The molecule has 0 atom stereocenters. The van der Waals surface area contributed by atoms with Crippen molar-refractivity contribution in [2.75, 3.05) is 0 Å². The largest absolute Gasteiger partial charge is 0.478 e. The number of carboxylic acid groups (broad SMARTS) is 1. The Kier molecular flexibility index (Phi) is 4.20. The van der Waals surface area contributed by atoms with Crippen LogP contribution in [0.5, 0.6) is 0 Å². The summed E-state index contributed by atoms with van der Waals surface area (Å²) in [7, 11) is -3.97. The van der Waals surface area contributed by atoms with Crippen molar-refractivity contribution in [1.82, 2.24) is 8.96 Å². The van der Waals surface area contributed by atoms with Gasteiger partial charge >= 0.3 is 5.97 Å². The quantitative estimate of drug-likeness (QED) is 0.530. The van der Waals surface area contributed by atoms with Gasteiger partial charge in [-0.2, -0.15) is 4.39 Å². The predicted octanol–water partition coefficient (Wildman–Crippen LogP) is 3.78. The Morgan fingerprint density at radius 2 is 1.71 bits per heavy atom. The summed E-state index contributed by atoms with van der Waals surface area (Å²) in [5, 5.41) is 9.67. The molecule has 4 rings (SSSR count). The second-order valence-corrected chi connectivity index (χ2v) is 7.87. The van der Waals surface area contributed by atoms with Crippen LogP contribution in [0.1, 0.15) is 10.4 Å². The number of pyridine rings is 1. The van der Waals surface area contributed by atoms with Crippen LogP contribution in [0.2, 0.25) is 0 Å². The molecule has 28 heavy (non-hydrogen) atoms. The van der Waals surface area contributed by atoms with Crippen LogP contribution < -0.4 is 0 Å². The van der Waals surface area contributed by atoms with E-state index in [1.165, 1.54) is 48.8 Å². The number of para-hydroxylation sites is 1. The van der Waals surface area contributed by atoms with Crippen LogP contribution in [0.3, 0.4) is 0 Å². The molecule has 0 aliphatic heterocycles. The molecule has 0 fully saturated rings. The molecule has 0 radical (unpaired) electrons. The first-order valence-corrected chi connectivity index (χ1v) is 9.63. The predicted molar refractivity (Wildman–Crippen MR) is 101 cm³/mol. The lowest BCUT2D eigenvalue weighted by Gasteiger charge is -2.07.